The Kier molecular flexibility index (Phi) is 5.47. The van der Waals surface area contributed by atoms with Crippen LogP contribution in [0.3, 0.4) is 0 Å². The second kappa shape index (κ2) is 8.75. The van der Waals surface area contributed by atoms with E-state index in [1.165, 1.54) is 18.1 Å². The van der Waals surface area contributed by atoms with Crippen molar-refractivity contribution in [2.45, 2.75) is 38.1 Å². The molecule has 5 heterocycles. The highest BCUT2D eigenvalue weighted by Gasteiger charge is 2.53. The maximum Gasteiger partial charge on any atom is 0.266 e. The number of fused-ring (bicyclic) bond motifs is 2. The van der Waals surface area contributed by atoms with E-state index in [2.05, 4.69) is 20.5 Å². The molecular weight excluding hydrogens is 497 g/mol. The first-order valence-corrected chi connectivity index (χ1v) is 12.1. The van der Waals surface area contributed by atoms with Crippen LogP contribution in [0.1, 0.15) is 47.3 Å². The highest BCUT2D eigenvalue weighted by Crippen LogP contribution is 2.40. The Labute approximate surface area is 215 Å². The first kappa shape index (κ1) is 23.8. The molecule has 12 heteroatoms. The van der Waals surface area contributed by atoms with Gasteiger partial charge in [0.1, 0.15) is 22.4 Å². The van der Waals surface area contributed by atoms with Crippen molar-refractivity contribution < 1.29 is 32.3 Å². The number of ether oxygens (including phenoxy) is 1. The highest BCUT2D eigenvalue weighted by atomic mass is 19.1. The molecule has 38 heavy (non-hydrogen) atoms. The predicted molar refractivity (Wildman–Crippen MR) is 128 cm³/mol. The number of hydrogen-bond donors (Lipinski definition) is 1. The van der Waals surface area contributed by atoms with Gasteiger partial charge in [0.15, 0.2) is 17.1 Å². The molecule has 4 aromatic rings. The van der Waals surface area contributed by atoms with Crippen LogP contribution in [0, 0.1) is 5.82 Å². The molecule has 0 radical (unpaired) electrons. The summed E-state index contributed by atoms with van der Waals surface area (Å²) in [5, 5.41) is 10.4. The average Bonchev–Trinajstić information content (AvgIpc) is 3.66. The number of pyridine rings is 1. The Morgan fingerprint density at radius 2 is 2.00 bits per heavy atom. The molecule has 194 valence electrons. The first-order chi connectivity index (χ1) is 18.3. The van der Waals surface area contributed by atoms with Gasteiger partial charge in [-0.15, -0.1) is 10.2 Å². The summed E-state index contributed by atoms with van der Waals surface area (Å²) in [5.41, 5.74) is 0.0413. The van der Waals surface area contributed by atoms with Gasteiger partial charge in [0.05, 0.1) is 19.1 Å². The Hall–Kier alpha value is -4.61. The third-order valence-corrected chi connectivity index (χ3v) is 6.88. The minimum absolute atomic E-state index is 0.0512. The molecule has 0 saturated carbocycles. The quantitative estimate of drug-likeness (QED) is 0.365. The van der Waals surface area contributed by atoms with E-state index in [1.54, 1.807) is 24.3 Å². The van der Waals surface area contributed by atoms with Crippen molar-refractivity contribution in [3.05, 3.63) is 58.9 Å². The van der Waals surface area contributed by atoms with Crippen LogP contribution in [0.4, 0.5) is 4.39 Å². The van der Waals surface area contributed by atoms with Gasteiger partial charge in [0.25, 0.3) is 11.8 Å². The van der Waals surface area contributed by atoms with E-state index in [0.29, 0.717) is 34.7 Å². The molecular formula is C26H22FN5O6. The van der Waals surface area contributed by atoms with Crippen molar-refractivity contribution in [2.24, 2.45) is 0 Å². The Bertz CT molecular complexity index is 1630. The molecule has 1 fully saturated rings. The molecule has 3 aromatic heterocycles. The molecule has 1 saturated heterocycles. The molecule has 6 rings (SSSR count). The van der Waals surface area contributed by atoms with Gasteiger partial charge in [0, 0.05) is 25.6 Å². The molecule has 11 nitrogen and oxygen atoms in total. The lowest BCUT2D eigenvalue weighted by atomic mass is 9.82. The molecule has 1 N–H and O–H groups in total. The number of amides is 3. The summed E-state index contributed by atoms with van der Waals surface area (Å²) in [6.45, 7) is 1.87. The zero-order valence-electron chi connectivity index (χ0n) is 20.5. The zero-order valence-corrected chi connectivity index (χ0v) is 20.5. The summed E-state index contributed by atoms with van der Waals surface area (Å²) in [6, 6.07) is 7.94. The van der Waals surface area contributed by atoms with E-state index in [4.69, 9.17) is 13.6 Å². The number of nitrogens with zero attached hydrogens (tertiary/aromatic N) is 4. The van der Waals surface area contributed by atoms with Crippen LogP contribution in [0.5, 0.6) is 5.75 Å². The van der Waals surface area contributed by atoms with Gasteiger partial charge < -0.3 is 18.5 Å². The van der Waals surface area contributed by atoms with Gasteiger partial charge in [-0.25, -0.2) is 9.37 Å². The summed E-state index contributed by atoms with van der Waals surface area (Å²) in [6.07, 6.45) is 1.26. The van der Waals surface area contributed by atoms with Crippen LogP contribution in [-0.4, -0.2) is 51.5 Å². The standard InChI is InChI=1S/C26H22FN5O6/c1-3-4-20-30-31-23(38-20)14-6-8-16-15(28-14)9-18(37-16)26(10-19(33)29-25(26)35)12-32-11-13-5-7-17(36-2)22(27)21(13)24(32)34/h5-9H,3-4,10-12H2,1-2H3,(H,29,33,35)/t26-/m1/s1. The maximum absolute atomic E-state index is 14.9. The van der Waals surface area contributed by atoms with Gasteiger partial charge in [-0.1, -0.05) is 13.0 Å². The molecule has 2 aliphatic heterocycles. The maximum atomic E-state index is 14.9. The van der Waals surface area contributed by atoms with E-state index in [-0.39, 0.29) is 42.5 Å². The SMILES string of the molecule is CCCc1nnc(-c2ccc3oc([C@]4(CN5Cc6ccc(OC)c(F)c6C5=O)CC(=O)NC4=O)cc3n2)o1. The minimum Gasteiger partial charge on any atom is -0.494 e. The monoisotopic (exact) mass is 519 g/mol. The lowest BCUT2D eigenvalue weighted by Crippen LogP contribution is -2.46. The van der Waals surface area contributed by atoms with Crippen LogP contribution in [-0.2, 0) is 28.0 Å². The minimum atomic E-state index is -1.52. The van der Waals surface area contributed by atoms with Crippen LogP contribution in [0.15, 0.2) is 39.2 Å². The highest BCUT2D eigenvalue weighted by molar-refractivity contribution is 6.10. The van der Waals surface area contributed by atoms with E-state index in [0.717, 1.165) is 6.42 Å². The topological polar surface area (TPSA) is 141 Å². The number of carbonyl (C=O) groups excluding carboxylic acids is 3. The van der Waals surface area contributed by atoms with E-state index in [9.17, 15) is 18.8 Å². The summed E-state index contributed by atoms with van der Waals surface area (Å²) < 4.78 is 31.6. The molecule has 0 unspecified atom stereocenters. The van der Waals surface area contributed by atoms with Crippen molar-refractivity contribution in [2.75, 3.05) is 13.7 Å². The van der Waals surface area contributed by atoms with Crippen molar-refractivity contribution in [3.63, 3.8) is 0 Å². The van der Waals surface area contributed by atoms with Gasteiger partial charge in [-0.3, -0.25) is 19.7 Å². The zero-order chi connectivity index (χ0) is 26.6. The number of rotatable bonds is 7. The summed E-state index contributed by atoms with van der Waals surface area (Å²) >= 11 is 0. The summed E-state index contributed by atoms with van der Waals surface area (Å²) in [5.74, 6) is -1.60. The smallest absolute Gasteiger partial charge is 0.266 e. The van der Waals surface area contributed by atoms with Crippen molar-refractivity contribution in [1.29, 1.82) is 0 Å². The van der Waals surface area contributed by atoms with Crippen LogP contribution < -0.4 is 10.1 Å². The molecule has 0 aliphatic carbocycles. The Balaban J connectivity index is 1.36. The van der Waals surface area contributed by atoms with Gasteiger partial charge in [0.2, 0.25) is 17.7 Å². The van der Waals surface area contributed by atoms with Crippen molar-refractivity contribution in [3.8, 4) is 17.3 Å². The second-order valence-corrected chi connectivity index (χ2v) is 9.35. The molecule has 1 atom stereocenters. The lowest BCUT2D eigenvalue weighted by Gasteiger charge is -2.28. The Morgan fingerprint density at radius 1 is 1.16 bits per heavy atom. The fourth-order valence-corrected chi connectivity index (χ4v) is 5.01. The van der Waals surface area contributed by atoms with E-state index in [1.807, 2.05) is 6.92 Å². The van der Waals surface area contributed by atoms with Gasteiger partial charge in [-0.05, 0) is 30.2 Å². The van der Waals surface area contributed by atoms with Gasteiger partial charge >= 0.3 is 0 Å². The average molecular weight is 519 g/mol. The number of halogens is 1. The molecule has 3 amide bonds. The number of nitrogens with one attached hydrogen (secondary N) is 1. The number of benzene rings is 1. The van der Waals surface area contributed by atoms with E-state index < -0.39 is 29.0 Å². The summed E-state index contributed by atoms with van der Waals surface area (Å²) in [4.78, 5) is 44.6. The molecule has 0 bridgehead atoms. The van der Waals surface area contributed by atoms with Crippen LogP contribution in [0.2, 0.25) is 0 Å². The second-order valence-electron chi connectivity index (χ2n) is 9.35. The molecule has 1 aromatic carbocycles. The Morgan fingerprint density at radius 3 is 2.74 bits per heavy atom. The largest absolute Gasteiger partial charge is 0.494 e. The summed E-state index contributed by atoms with van der Waals surface area (Å²) in [7, 11) is 1.31. The number of aromatic nitrogens is 3. The fraction of sp³-hybridized carbons (Fsp3) is 0.308. The number of carbonyl (C=O) groups is 3. The van der Waals surface area contributed by atoms with Crippen molar-refractivity contribution in [1.82, 2.24) is 25.4 Å². The molecule has 0 spiro atoms. The number of furan rings is 1. The third-order valence-electron chi connectivity index (χ3n) is 6.88. The normalized spacial score (nSPS) is 18.9. The predicted octanol–water partition coefficient (Wildman–Crippen LogP) is 2.92. The fourth-order valence-electron chi connectivity index (χ4n) is 5.01. The number of methoxy groups -OCH3 is 1. The van der Waals surface area contributed by atoms with Crippen LogP contribution in [0.25, 0.3) is 22.7 Å². The molecule has 2 aliphatic rings. The van der Waals surface area contributed by atoms with Crippen LogP contribution >= 0.6 is 0 Å². The number of hydrogen-bond acceptors (Lipinski definition) is 9. The van der Waals surface area contributed by atoms with Gasteiger partial charge in [-0.2, -0.15) is 0 Å². The lowest BCUT2D eigenvalue weighted by molar-refractivity contribution is -0.127. The van der Waals surface area contributed by atoms with Crippen molar-refractivity contribution >= 4 is 28.8 Å². The number of imide groups is 1. The van der Waals surface area contributed by atoms with E-state index >= 15 is 0 Å². The third kappa shape index (κ3) is 3.63. The first-order valence-electron chi connectivity index (χ1n) is 12.1. The number of aryl methyl sites for hydroxylation is 1.